The van der Waals surface area contributed by atoms with Crippen molar-refractivity contribution >= 4 is 29.8 Å². The predicted molar refractivity (Wildman–Crippen MR) is 63.7 cm³/mol. The molecule has 0 bridgehead atoms. The van der Waals surface area contributed by atoms with Gasteiger partial charge in [-0.15, -0.1) is 0 Å². The molecule has 0 aromatic heterocycles. The molecule has 0 aliphatic rings. The van der Waals surface area contributed by atoms with Crippen LogP contribution in [0.3, 0.4) is 0 Å². The van der Waals surface area contributed by atoms with Crippen LogP contribution in [-0.4, -0.2) is 84.1 Å². The summed E-state index contributed by atoms with van der Waals surface area (Å²) in [6.07, 6.45) is -7.25. The molecule has 0 saturated carbocycles. The monoisotopic (exact) mass is 444 g/mol. The first-order valence-corrected chi connectivity index (χ1v) is 5.40. The third kappa shape index (κ3) is 20.9. The molecule has 0 aromatic carbocycles. The average Bonchev–Trinajstić information content (AvgIpc) is 2.35. The second-order valence-corrected chi connectivity index (χ2v) is 3.98. The number of carboxylic acids is 5. The molecule has 0 saturated heterocycles. The number of aliphatic hydroxyl groups excluding tert-OH is 2. The van der Waals surface area contributed by atoms with Gasteiger partial charge in [-0.05, 0) is 0 Å². The van der Waals surface area contributed by atoms with Crippen molar-refractivity contribution < 1.29 is 164 Å². The van der Waals surface area contributed by atoms with Crippen molar-refractivity contribution in [1.82, 2.24) is 0 Å². The summed E-state index contributed by atoms with van der Waals surface area (Å²) < 4.78 is 0. The molecule has 0 aliphatic heterocycles. The molecule has 0 fully saturated rings. The first-order valence-electron chi connectivity index (χ1n) is 5.40. The van der Waals surface area contributed by atoms with Crippen molar-refractivity contribution in [1.29, 1.82) is 0 Å². The molecule has 15 nitrogen and oxygen atoms in total. The maximum absolute atomic E-state index is 10.1. The van der Waals surface area contributed by atoms with Crippen LogP contribution in [0.5, 0.6) is 0 Å². The van der Waals surface area contributed by atoms with Crippen molar-refractivity contribution in [2.45, 2.75) is 30.7 Å². The van der Waals surface area contributed by atoms with Gasteiger partial charge in [0.15, 0.2) is 12.2 Å². The van der Waals surface area contributed by atoms with E-state index in [4.69, 9.17) is 25.5 Å². The summed E-state index contributed by atoms with van der Waals surface area (Å²) in [5, 5.41) is 71.5. The van der Waals surface area contributed by atoms with Gasteiger partial charge in [-0.25, -0.2) is 9.59 Å². The van der Waals surface area contributed by atoms with Gasteiger partial charge in [0.25, 0.3) is 0 Å². The number of aliphatic carboxylic acids is 5. The fraction of sp³-hybridized carbons (Fsp3) is 0.500. The van der Waals surface area contributed by atoms with E-state index >= 15 is 0 Å². The molecule has 0 aromatic rings. The quantitative estimate of drug-likeness (QED) is 0.217. The molecule has 0 amide bonds. The molecule has 0 spiro atoms. The Morgan fingerprint density at radius 1 is 0.714 bits per heavy atom. The predicted octanol–water partition coefficient (Wildman–Crippen LogP) is -18.0. The Balaban J connectivity index is -0.0000000546. The Labute approximate surface area is 222 Å². The van der Waals surface area contributed by atoms with E-state index in [-0.39, 0.29) is 99.6 Å². The SMILES string of the molecule is O.O.O=C(O)C(O)C(O)C(=O)O.O=C([O-])CC(O)(CC(=O)[O-])C(=O)[O-].[Na+].[Na+].[Na+]. The van der Waals surface area contributed by atoms with E-state index in [0.29, 0.717) is 0 Å². The Kier molecular flexibility index (Phi) is 36.2. The van der Waals surface area contributed by atoms with Gasteiger partial charge in [-0.2, -0.15) is 0 Å². The van der Waals surface area contributed by atoms with Crippen LogP contribution < -0.4 is 104 Å². The molecule has 0 radical (unpaired) electrons. The third-order valence-electron chi connectivity index (χ3n) is 2.06. The summed E-state index contributed by atoms with van der Waals surface area (Å²) in [5.74, 6) is -9.52. The van der Waals surface area contributed by atoms with Crippen molar-refractivity contribution in [2.24, 2.45) is 0 Å². The summed E-state index contributed by atoms with van der Waals surface area (Å²) in [4.78, 5) is 49.5. The minimum atomic E-state index is -2.97. The van der Waals surface area contributed by atoms with E-state index in [2.05, 4.69) is 0 Å². The second kappa shape index (κ2) is 21.8. The summed E-state index contributed by atoms with van der Waals surface area (Å²) in [5.41, 5.74) is -2.97. The number of hydrogen-bond donors (Lipinski definition) is 5. The molecule has 28 heavy (non-hydrogen) atoms. The van der Waals surface area contributed by atoms with Crippen molar-refractivity contribution in [3.8, 4) is 0 Å². The van der Waals surface area contributed by atoms with Gasteiger partial charge in [0.1, 0.15) is 5.60 Å². The van der Waals surface area contributed by atoms with Crippen LogP contribution in [0, 0.1) is 0 Å². The van der Waals surface area contributed by atoms with Crippen LogP contribution >= 0.6 is 0 Å². The van der Waals surface area contributed by atoms with Crippen LogP contribution in [0.25, 0.3) is 0 Å². The Morgan fingerprint density at radius 3 is 1.04 bits per heavy atom. The smallest absolute Gasteiger partial charge is 0.550 e. The summed E-state index contributed by atoms with van der Waals surface area (Å²) in [6.45, 7) is 0. The molecule has 2 atom stereocenters. The molecular weight excluding hydrogens is 429 g/mol. The fourth-order valence-corrected chi connectivity index (χ4v) is 0.955. The van der Waals surface area contributed by atoms with Crippen LogP contribution in [0.15, 0.2) is 0 Å². The van der Waals surface area contributed by atoms with E-state index in [9.17, 15) is 39.3 Å². The molecule has 148 valence electrons. The van der Waals surface area contributed by atoms with Gasteiger partial charge in [0.05, 0.1) is 5.97 Å². The minimum absolute atomic E-state index is 0. The van der Waals surface area contributed by atoms with Crippen LogP contribution in [0.1, 0.15) is 12.8 Å². The topological polar surface area (TPSA) is 319 Å². The number of carboxylic acid groups (broad SMARTS) is 5. The Hall–Kier alpha value is 0.150. The number of aliphatic hydroxyl groups is 3. The molecule has 0 rings (SSSR count). The maximum atomic E-state index is 10.1. The normalized spacial score (nSPS) is 10.7. The maximum Gasteiger partial charge on any atom is 1.00 e. The van der Waals surface area contributed by atoms with Crippen LogP contribution in [0.2, 0.25) is 0 Å². The zero-order valence-electron chi connectivity index (χ0n) is 15.1. The summed E-state index contributed by atoms with van der Waals surface area (Å²) in [7, 11) is 0. The van der Waals surface area contributed by atoms with Gasteiger partial charge >= 0.3 is 101 Å². The number of rotatable bonds is 8. The van der Waals surface area contributed by atoms with E-state index in [1.54, 1.807) is 0 Å². The van der Waals surface area contributed by atoms with Gasteiger partial charge in [0, 0.05) is 24.8 Å². The average molecular weight is 444 g/mol. The van der Waals surface area contributed by atoms with E-state index in [1.165, 1.54) is 0 Å². The van der Waals surface area contributed by atoms with Crippen LogP contribution in [0.4, 0.5) is 0 Å². The van der Waals surface area contributed by atoms with Crippen molar-refractivity contribution in [3.05, 3.63) is 0 Å². The molecule has 0 aliphatic carbocycles. The molecule has 9 N–H and O–H groups in total. The van der Waals surface area contributed by atoms with Gasteiger partial charge in [-0.1, -0.05) is 0 Å². The molecule has 18 heteroatoms. The first-order chi connectivity index (χ1) is 10.2. The number of carbonyl (C=O) groups is 5. The standard InChI is InChI=1S/C6H8O7.C4H6O6.3Na.2H2O/c7-3(8)1-6(13,5(11)12)2-4(9)10;5-1(3(7)8)2(6)4(9)10;;;;;/h13H,1-2H2,(H,7,8)(H,9,10)(H,11,12);1-2,5-6H,(H,7,8)(H,9,10);;;;2*1H2/q;;3*+1;;/p-3. The van der Waals surface area contributed by atoms with E-state index in [0.717, 1.165) is 0 Å². The molecule has 2 unspecified atom stereocenters. The molecular formula is C10H15Na3O15. The minimum Gasteiger partial charge on any atom is -0.550 e. The summed E-state index contributed by atoms with van der Waals surface area (Å²) >= 11 is 0. The third-order valence-corrected chi connectivity index (χ3v) is 2.06. The van der Waals surface area contributed by atoms with E-state index in [1.807, 2.05) is 0 Å². The summed E-state index contributed by atoms with van der Waals surface area (Å²) in [6, 6.07) is 0. The van der Waals surface area contributed by atoms with Crippen molar-refractivity contribution in [3.63, 3.8) is 0 Å². The second-order valence-electron chi connectivity index (χ2n) is 3.98. The van der Waals surface area contributed by atoms with Crippen molar-refractivity contribution in [2.75, 3.05) is 0 Å². The first kappa shape index (κ1) is 46.4. The van der Waals surface area contributed by atoms with Gasteiger partial charge in [-0.3, -0.25) is 0 Å². The zero-order valence-corrected chi connectivity index (χ0v) is 21.1. The Morgan fingerprint density at radius 2 is 0.929 bits per heavy atom. The largest absolute Gasteiger partial charge is 1.00 e. The van der Waals surface area contributed by atoms with Gasteiger partial charge < -0.3 is 66.2 Å². The Bertz CT molecular complexity index is 462. The number of hydrogen-bond acceptors (Lipinski definition) is 11. The molecule has 0 heterocycles. The fourth-order valence-electron chi connectivity index (χ4n) is 0.955. The number of carbonyl (C=O) groups excluding carboxylic acids is 3. The zero-order chi connectivity index (χ0) is 19.0. The van der Waals surface area contributed by atoms with Gasteiger partial charge in [0.2, 0.25) is 0 Å². The van der Waals surface area contributed by atoms with E-state index < -0.39 is 60.5 Å². The van der Waals surface area contributed by atoms with Crippen LogP contribution in [-0.2, 0) is 24.0 Å².